The summed E-state index contributed by atoms with van der Waals surface area (Å²) in [6.07, 6.45) is 7.01. The van der Waals surface area contributed by atoms with Crippen molar-refractivity contribution in [1.29, 1.82) is 0 Å². The number of nitrogens with zero attached hydrogens (tertiary/aromatic N) is 2. The Morgan fingerprint density at radius 2 is 1.03 bits per heavy atom. The average molecular weight is 745 g/mol. The average Bonchev–Trinajstić information content (AvgIpc) is 3.77. The molecule has 278 valence electrons. The summed E-state index contributed by atoms with van der Waals surface area (Å²) in [6.45, 7) is 0. The maximum Gasteiger partial charge on any atom is 0.0543 e. The van der Waals surface area contributed by atoms with E-state index in [1.807, 2.05) is 0 Å². The van der Waals surface area contributed by atoms with Crippen LogP contribution in [-0.2, 0) is 5.41 Å². The Bertz CT molecular complexity index is 3010. The quantitative estimate of drug-likeness (QED) is 0.170. The molecule has 1 spiro atoms. The van der Waals surface area contributed by atoms with Crippen LogP contribution in [0.4, 0.5) is 17.1 Å². The molecular weight excluding hydrogens is 701 g/mol. The molecule has 0 atom stereocenters. The molecule has 4 bridgehead atoms. The first kappa shape index (κ1) is 32.7. The number of rotatable bonds is 5. The molecule has 1 heterocycles. The molecule has 14 rings (SSSR count). The van der Waals surface area contributed by atoms with Crippen molar-refractivity contribution in [3.8, 4) is 27.9 Å². The normalized spacial score (nSPS) is 22.6. The van der Waals surface area contributed by atoms with Crippen molar-refractivity contribution in [1.82, 2.24) is 4.57 Å². The third-order valence-electron chi connectivity index (χ3n) is 14.9. The number of hydrogen-bond acceptors (Lipinski definition) is 1. The Labute approximate surface area is 340 Å². The second-order valence-corrected chi connectivity index (χ2v) is 17.7. The van der Waals surface area contributed by atoms with Gasteiger partial charge in [0.05, 0.1) is 22.4 Å². The Morgan fingerprint density at radius 1 is 0.448 bits per heavy atom. The number of para-hydroxylation sites is 2. The summed E-state index contributed by atoms with van der Waals surface area (Å²) in [5.74, 6) is 3.29. The predicted molar refractivity (Wildman–Crippen MR) is 242 cm³/mol. The van der Waals surface area contributed by atoms with Gasteiger partial charge in [0.1, 0.15) is 0 Å². The van der Waals surface area contributed by atoms with E-state index in [4.69, 9.17) is 0 Å². The first-order valence-electron chi connectivity index (χ1n) is 21.4. The van der Waals surface area contributed by atoms with Gasteiger partial charge in [0.25, 0.3) is 0 Å². The van der Waals surface area contributed by atoms with E-state index in [1.54, 1.807) is 11.1 Å². The fraction of sp³-hybridized carbons (Fsp3) is 0.179. The van der Waals surface area contributed by atoms with Crippen LogP contribution in [0.15, 0.2) is 182 Å². The molecule has 0 radical (unpaired) electrons. The lowest BCUT2D eigenvalue weighted by Gasteiger charge is -2.61. The monoisotopic (exact) mass is 744 g/mol. The van der Waals surface area contributed by atoms with Gasteiger partial charge in [-0.15, -0.1) is 0 Å². The minimum Gasteiger partial charge on any atom is -0.309 e. The Balaban J connectivity index is 0.977. The summed E-state index contributed by atoms with van der Waals surface area (Å²) >= 11 is 0. The lowest BCUT2D eigenvalue weighted by Crippen LogP contribution is -2.55. The van der Waals surface area contributed by atoms with Crippen LogP contribution in [0.2, 0.25) is 0 Å². The first-order valence-corrected chi connectivity index (χ1v) is 21.4. The fourth-order valence-electron chi connectivity index (χ4n) is 13.0. The van der Waals surface area contributed by atoms with E-state index in [2.05, 4.69) is 191 Å². The minimum absolute atomic E-state index is 0.116. The van der Waals surface area contributed by atoms with Crippen LogP contribution >= 0.6 is 0 Å². The summed E-state index contributed by atoms with van der Waals surface area (Å²) < 4.78 is 2.41. The predicted octanol–water partition coefficient (Wildman–Crippen LogP) is 14.8. The van der Waals surface area contributed by atoms with E-state index in [0.717, 1.165) is 23.7 Å². The summed E-state index contributed by atoms with van der Waals surface area (Å²) in [5, 5.41) is 5.09. The number of aromatic nitrogens is 1. The molecule has 5 aliphatic carbocycles. The van der Waals surface area contributed by atoms with Gasteiger partial charge in [-0.3, -0.25) is 0 Å². The van der Waals surface area contributed by atoms with Crippen molar-refractivity contribution in [2.75, 3.05) is 4.90 Å². The lowest BCUT2D eigenvalue weighted by molar-refractivity contribution is -0.0399. The maximum absolute atomic E-state index is 2.57. The molecule has 5 aliphatic rings. The molecule has 0 unspecified atom stereocenters. The van der Waals surface area contributed by atoms with Crippen LogP contribution in [0, 0.1) is 23.7 Å². The van der Waals surface area contributed by atoms with Crippen molar-refractivity contribution < 1.29 is 0 Å². The van der Waals surface area contributed by atoms with Crippen LogP contribution in [0.5, 0.6) is 0 Å². The van der Waals surface area contributed by atoms with Gasteiger partial charge in [-0.25, -0.2) is 0 Å². The number of benzene rings is 8. The van der Waals surface area contributed by atoms with Crippen molar-refractivity contribution >= 4 is 49.6 Å². The second kappa shape index (κ2) is 12.3. The molecule has 58 heavy (non-hydrogen) atoms. The Kier molecular flexibility index (Phi) is 6.94. The topological polar surface area (TPSA) is 8.17 Å². The SMILES string of the molecule is c1cc(-c2ccc(N(c3cccc4c3-c3ccccc3C43C4CC5CC(C4)CC3C5)c3cccc4ccccc34)cc2)cc(-n2c3ccccc3c3ccccc32)c1. The zero-order valence-electron chi connectivity index (χ0n) is 32.6. The van der Waals surface area contributed by atoms with Crippen LogP contribution in [0.25, 0.3) is 60.5 Å². The van der Waals surface area contributed by atoms with Crippen LogP contribution in [-0.4, -0.2) is 4.57 Å². The molecule has 8 aromatic carbocycles. The van der Waals surface area contributed by atoms with Crippen LogP contribution in [0.3, 0.4) is 0 Å². The molecule has 4 fully saturated rings. The van der Waals surface area contributed by atoms with E-state index >= 15 is 0 Å². The molecule has 9 aromatic rings. The van der Waals surface area contributed by atoms with Crippen molar-refractivity contribution in [2.24, 2.45) is 23.7 Å². The Hall–Kier alpha value is -6.38. The van der Waals surface area contributed by atoms with E-state index in [0.29, 0.717) is 0 Å². The zero-order valence-corrected chi connectivity index (χ0v) is 32.6. The largest absolute Gasteiger partial charge is 0.309 e. The van der Waals surface area contributed by atoms with Crippen LogP contribution in [0.1, 0.15) is 43.2 Å². The lowest BCUT2D eigenvalue weighted by atomic mass is 9.43. The minimum atomic E-state index is 0.116. The van der Waals surface area contributed by atoms with Crippen molar-refractivity contribution in [3.05, 3.63) is 193 Å². The molecule has 2 heteroatoms. The van der Waals surface area contributed by atoms with Gasteiger partial charge < -0.3 is 9.47 Å². The second-order valence-electron chi connectivity index (χ2n) is 17.7. The number of anilines is 3. The summed E-state index contributed by atoms with van der Waals surface area (Å²) in [7, 11) is 0. The summed E-state index contributed by atoms with van der Waals surface area (Å²) in [6, 6.07) is 68.4. The zero-order chi connectivity index (χ0) is 38.0. The Morgan fingerprint density at radius 3 is 1.79 bits per heavy atom. The molecular formula is C56H44N2. The van der Waals surface area contributed by atoms with E-state index in [-0.39, 0.29) is 5.41 Å². The molecule has 0 N–H and O–H groups in total. The van der Waals surface area contributed by atoms with Gasteiger partial charge in [-0.2, -0.15) is 0 Å². The van der Waals surface area contributed by atoms with Gasteiger partial charge in [-0.05, 0) is 138 Å². The molecule has 0 aliphatic heterocycles. The molecule has 1 aromatic heterocycles. The highest BCUT2D eigenvalue weighted by molar-refractivity contribution is 6.09. The number of hydrogen-bond donors (Lipinski definition) is 0. The first-order chi connectivity index (χ1) is 28.7. The molecule has 2 nitrogen and oxygen atoms in total. The molecule has 0 amide bonds. The standard InChI is InChI=1S/C56H44N2/c1-2-16-45-39(12-1)13-10-24-51(45)57(54-25-11-21-50-55(54)48-19-3-6-20-49(48)56(50)41-31-36-30-37(33-41)34-42(56)32-36)43-28-26-38(27-29-43)40-14-9-15-44(35-40)58-52-22-7-4-17-46(52)47-18-5-8-23-53(47)58/h1-29,35-37,41-42H,30-34H2. The van der Waals surface area contributed by atoms with E-state index < -0.39 is 0 Å². The highest BCUT2D eigenvalue weighted by Gasteiger charge is 2.61. The van der Waals surface area contributed by atoms with Gasteiger partial charge in [0.15, 0.2) is 0 Å². The van der Waals surface area contributed by atoms with Crippen LogP contribution < -0.4 is 4.90 Å². The smallest absolute Gasteiger partial charge is 0.0543 e. The van der Waals surface area contributed by atoms with Crippen molar-refractivity contribution in [3.63, 3.8) is 0 Å². The van der Waals surface area contributed by atoms with E-state index in [9.17, 15) is 0 Å². The third kappa shape index (κ3) is 4.49. The highest BCUT2D eigenvalue weighted by Crippen LogP contribution is 2.70. The number of fused-ring (bicyclic) bond motifs is 7. The summed E-state index contributed by atoms with van der Waals surface area (Å²) in [5.41, 5.74) is 15.9. The molecule has 4 saturated carbocycles. The van der Waals surface area contributed by atoms with E-state index in [1.165, 1.54) is 110 Å². The summed E-state index contributed by atoms with van der Waals surface area (Å²) in [4.78, 5) is 2.57. The van der Waals surface area contributed by atoms with Gasteiger partial charge in [0, 0.05) is 38.5 Å². The van der Waals surface area contributed by atoms with Crippen molar-refractivity contribution in [2.45, 2.75) is 37.5 Å². The van der Waals surface area contributed by atoms with Gasteiger partial charge in [-0.1, -0.05) is 133 Å². The van der Waals surface area contributed by atoms with Gasteiger partial charge >= 0.3 is 0 Å². The molecule has 0 saturated heterocycles. The highest BCUT2D eigenvalue weighted by atomic mass is 15.1. The van der Waals surface area contributed by atoms with Gasteiger partial charge in [0.2, 0.25) is 0 Å². The third-order valence-corrected chi connectivity index (χ3v) is 14.9. The fourth-order valence-corrected chi connectivity index (χ4v) is 13.0. The maximum atomic E-state index is 2.57.